The highest BCUT2D eigenvalue weighted by molar-refractivity contribution is 5.95. The molecule has 1 atom stereocenters. The number of amides is 2. The van der Waals surface area contributed by atoms with Gasteiger partial charge >= 0.3 is 0 Å². The average molecular weight is 435 g/mol. The number of anilines is 1. The maximum absolute atomic E-state index is 12.2. The number of carbonyl (C=O) groups is 2. The predicted molar refractivity (Wildman–Crippen MR) is 116 cm³/mol. The van der Waals surface area contributed by atoms with Crippen LogP contribution in [0.2, 0.25) is 0 Å². The third kappa shape index (κ3) is 8.32. The molecule has 0 bridgehead atoms. The van der Waals surface area contributed by atoms with Gasteiger partial charge in [0.05, 0.1) is 25.8 Å². The average Bonchev–Trinajstić information content (AvgIpc) is 2.62. The Kier molecular flexibility index (Phi) is 12.3. The summed E-state index contributed by atoms with van der Waals surface area (Å²) >= 11 is 0. The molecule has 0 aromatic heterocycles. The van der Waals surface area contributed by atoms with Crippen LogP contribution < -0.4 is 16.4 Å². The van der Waals surface area contributed by atoms with Crippen molar-refractivity contribution in [1.29, 1.82) is 0 Å². The van der Waals surface area contributed by atoms with Gasteiger partial charge in [-0.05, 0) is 30.0 Å². The van der Waals surface area contributed by atoms with E-state index in [9.17, 15) is 9.59 Å². The first kappa shape index (κ1) is 26.6. The van der Waals surface area contributed by atoms with Crippen molar-refractivity contribution in [2.75, 3.05) is 38.2 Å². The zero-order valence-corrected chi connectivity index (χ0v) is 18.3. The number of morpholine rings is 1. The van der Waals surface area contributed by atoms with Gasteiger partial charge < -0.3 is 21.1 Å². The van der Waals surface area contributed by atoms with Crippen LogP contribution in [-0.4, -0.2) is 55.6 Å². The monoisotopic (exact) mass is 434 g/mol. The van der Waals surface area contributed by atoms with Gasteiger partial charge in [-0.3, -0.25) is 14.5 Å². The normalized spacial score (nSPS) is 15.2. The number of benzene rings is 1. The number of rotatable bonds is 7. The van der Waals surface area contributed by atoms with E-state index in [2.05, 4.69) is 21.6 Å². The minimum Gasteiger partial charge on any atom is -0.379 e. The first-order chi connectivity index (χ1) is 12.4. The molecule has 0 radical (unpaired) electrons. The van der Waals surface area contributed by atoms with E-state index in [1.165, 1.54) is 0 Å². The number of nitrogens with zero attached hydrogens (tertiary/aromatic N) is 1. The number of aryl methyl sites for hydroxylation is 1. The van der Waals surface area contributed by atoms with Gasteiger partial charge in [0.2, 0.25) is 11.8 Å². The fraction of sp³-hybridized carbons (Fsp3) is 0.579. The zero-order chi connectivity index (χ0) is 19.1. The molecule has 2 rings (SSSR count). The molecular weight excluding hydrogens is 403 g/mol. The first-order valence-corrected chi connectivity index (χ1v) is 9.09. The van der Waals surface area contributed by atoms with Gasteiger partial charge in [0.15, 0.2) is 0 Å². The maximum Gasteiger partial charge on any atom is 0.243 e. The number of nitrogens with two attached hydrogens (primary N) is 1. The molecule has 1 saturated heterocycles. The van der Waals surface area contributed by atoms with Crippen LogP contribution in [0.5, 0.6) is 0 Å². The van der Waals surface area contributed by atoms with E-state index >= 15 is 0 Å². The summed E-state index contributed by atoms with van der Waals surface area (Å²) in [6, 6.07) is 5.45. The quantitative estimate of drug-likeness (QED) is 0.606. The first-order valence-electron chi connectivity index (χ1n) is 9.09. The Labute approximate surface area is 179 Å². The van der Waals surface area contributed by atoms with Crippen molar-refractivity contribution in [3.05, 3.63) is 29.3 Å². The number of nitrogens with one attached hydrogen (secondary N) is 2. The highest BCUT2D eigenvalue weighted by Crippen LogP contribution is 2.18. The smallest absolute Gasteiger partial charge is 0.243 e. The number of carbonyl (C=O) groups excluding carboxylic acids is 2. The second kappa shape index (κ2) is 13.0. The van der Waals surface area contributed by atoms with E-state index < -0.39 is 6.04 Å². The summed E-state index contributed by atoms with van der Waals surface area (Å²) in [6.45, 7) is 9.76. The molecule has 160 valence electrons. The summed E-state index contributed by atoms with van der Waals surface area (Å²) in [5, 5.41) is 5.46. The molecule has 1 aliphatic rings. The number of hydrogen-bond acceptors (Lipinski definition) is 5. The van der Waals surface area contributed by atoms with Crippen LogP contribution in [0.1, 0.15) is 25.0 Å². The highest BCUT2D eigenvalue weighted by Gasteiger charge is 2.18. The van der Waals surface area contributed by atoms with Crippen molar-refractivity contribution < 1.29 is 14.3 Å². The second-order valence-corrected chi connectivity index (χ2v) is 7.07. The molecule has 0 saturated carbocycles. The van der Waals surface area contributed by atoms with Gasteiger partial charge in [0, 0.05) is 25.3 Å². The van der Waals surface area contributed by atoms with E-state index in [0.717, 1.165) is 49.7 Å². The van der Waals surface area contributed by atoms with Crippen molar-refractivity contribution >= 4 is 42.3 Å². The van der Waals surface area contributed by atoms with Crippen LogP contribution in [0.25, 0.3) is 0 Å². The molecule has 0 aliphatic carbocycles. The summed E-state index contributed by atoms with van der Waals surface area (Å²) in [6.07, 6.45) is 0. The standard InChI is InChI=1S/C19H30N4O3.2ClH/c1-13(2)18(20)19(25)21-11-17(24)22-16-10-15(5-4-14(16)3)12-23-6-8-26-9-7-23;;/h4-5,10,13,18H,6-9,11-12,20H2,1-3H3,(H,21,25)(H,22,24);2*1H/t18-;;/m0../s1. The molecular formula is C19H32Cl2N4O3. The van der Waals surface area contributed by atoms with Gasteiger partial charge in [-0.2, -0.15) is 0 Å². The Morgan fingerprint density at radius 2 is 1.86 bits per heavy atom. The molecule has 1 fully saturated rings. The summed E-state index contributed by atoms with van der Waals surface area (Å²) in [4.78, 5) is 26.3. The number of hydrogen-bond donors (Lipinski definition) is 3. The Morgan fingerprint density at radius 1 is 1.21 bits per heavy atom. The van der Waals surface area contributed by atoms with E-state index in [-0.39, 0.29) is 49.1 Å². The third-order valence-electron chi connectivity index (χ3n) is 4.53. The topological polar surface area (TPSA) is 96.7 Å². The molecule has 0 spiro atoms. The molecule has 1 heterocycles. The minimum atomic E-state index is -0.610. The molecule has 1 aliphatic heterocycles. The van der Waals surface area contributed by atoms with Gasteiger partial charge in [0.1, 0.15) is 0 Å². The summed E-state index contributed by atoms with van der Waals surface area (Å²) in [5.41, 5.74) is 8.66. The van der Waals surface area contributed by atoms with Gasteiger partial charge in [0.25, 0.3) is 0 Å². The molecule has 1 aromatic rings. The Hall–Kier alpha value is -1.38. The predicted octanol–water partition coefficient (Wildman–Crippen LogP) is 1.71. The molecule has 2 amide bonds. The minimum absolute atomic E-state index is 0. The third-order valence-corrected chi connectivity index (χ3v) is 4.53. The lowest BCUT2D eigenvalue weighted by atomic mass is 10.1. The van der Waals surface area contributed by atoms with E-state index in [1.807, 2.05) is 32.9 Å². The number of ether oxygens (including phenoxy) is 1. The highest BCUT2D eigenvalue weighted by atomic mass is 35.5. The molecule has 7 nitrogen and oxygen atoms in total. The molecule has 4 N–H and O–H groups in total. The fourth-order valence-corrected chi connectivity index (χ4v) is 2.70. The summed E-state index contributed by atoms with van der Waals surface area (Å²) < 4.78 is 5.37. The Balaban J connectivity index is 0.00000364. The van der Waals surface area contributed by atoms with Crippen molar-refractivity contribution in [3.63, 3.8) is 0 Å². The SMILES string of the molecule is Cc1ccc(CN2CCOCC2)cc1NC(=O)CNC(=O)[C@@H](N)C(C)C.Cl.Cl. The molecule has 9 heteroatoms. The van der Waals surface area contributed by atoms with Crippen molar-refractivity contribution in [2.24, 2.45) is 11.7 Å². The lowest BCUT2D eigenvalue weighted by Crippen LogP contribution is -2.46. The summed E-state index contributed by atoms with van der Waals surface area (Å²) in [7, 11) is 0. The number of halogens is 2. The Morgan fingerprint density at radius 3 is 2.46 bits per heavy atom. The van der Waals surface area contributed by atoms with E-state index in [1.54, 1.807) is 0 Å². The lowest BCUT2D eigenvalue weighted by Gasteiger charge is -2.26. The zero-order valence-electron chi connectivity index (χ0n) is 16.7. The van der Waals surface area contributed by atoms with Crippen LogP contribution >= 0.6 is 24.8 Å². The van der Waals surface area contributed by atoms with E-state index in [0.29, 0.717) is 0 Å². The second-order valence-electron chi connectivity index (χ2n) is 7.07. The van der Waals surface area contributed by atoms with Crippen LogP contribution in [0.4, 0.5) is 5.69 Å². The van der Waals surface area contributed by atoms with Crippen LogP contribution in [0.15, 0.2) is 18.2 Å². The van der Waals surface area contributed by atoms with Gasteiger partial charge in [-0.25, -0.2) is 0 Å². The Bertz CT molecular complexity index is 638. The fourth-order valence-electron chi connectivity index (χ4n) is 2.70. The van der Waals surface area contributed by atoms with Crippen LogP contribution in [0, 0.1) is 12.8 Å². The summed E-state index contributed by atoms with van der Waals surface area (Å²) in [5.74, 6) is -0.550. The largest absolute Gasteiger partial charge is 0.379 e. The molecule has 28 heavy (non-hydrogen) atoms. The van der Waals surface area contributed by atoms with Crippen molar-refractivity contribution in [2.45, 2.75) is 33.4 Å². The molecule has 1 aromatic carbocycles. The van der Waals surface area contributed by atoms with Gasteiger partial charge in [-0.15, -0.1) is 24.8 Å². The van der Waals surface area contributed by atoms with Crippen LogP contribution in [0.3, 0.4) is 0 Å². The van der Waals surface area contributed by atoms with Crippen molar-refractivity contribution in [3.8, 4) is 0 Å². The molecule has 0 unspecified atom stereocenters. The van der Waals surface area contributed by atoms with Crippen LogP contribution in [-0.2, 0) is 20.9 Å². The maximum atomic E-state index is 12.2. The lowest BCUT2D eigenvalue weighted by molar-refractivity contribution is -0.125. The van der Waals surface area contributed by atoms with Crippen molar-refractivity contribution in [1.82, 2.24) is 10.2 Å². The van der Waals surface area contributed by atoms with E-state index in [4.69, 9.17) is 10.5 Å². The van der Waals surface area contributed by atoms with Gasteiger partial charge in [-0.1, -0.05) is 26.0 Å².